The van der Waals surface area contributed by atoms with E-state index in [4.69, 9.17) is 4.74 Å². The van der Waals surface area contributed by atoms with Crippen molar-refractivity contribution in [3.05, 3.63) is 24.5 Å². The Morgan fingerprint density at radius 3 is 2.94 bits per heavy atom. The lowest BCUT2D eigenvalue weighted by Gasteiger charge is -2.09. The number of carbonyl (C=O) groups is 1. The molecule has 0 radical (unpaired) electrons. The SMILES string of the molecule is Cn1cnc2cc(OC(=O)C3CCCC3)ccc21. The normalized spacial score (nSPS) is 16.3. The molecule has 0 spiro atoms. The first kappa shape index (κ1) is 11.3. The Balaban J connectivity index is 1.79. The molecular weight excluding hydrogens is 228 g/mol. The van der Waals surface area contributed by atoms with Crippen LogP contribution < -0.4 is 4.74 Å². The number of hydrogen-bond acceptors (Lipinski definition) is 3. The van der Waals surface area contributed by atoms with Gasteiger partial charge in [0.15, 0.2) is 0 Å². The summed E-state index contributed by atoms with van der Waals surface area (Å²) in [6, 6.07) is 5.58. The minimum Gasteiger partial charge on any atom is -0.426 e. The van der Waals surface area contributed by atoms with Crippen LogP contribution in [0, 0.1) is 5.92 Å². The Morgan fingerprint density at radius 1 is 1.39 bits per heavy atom. The van der Waals surface area contributed by atoms with E-state index in [0.717, 1.165) is 36.7 Å². The van der Waals surface area contributed by atoms with Gasteiger partial charge in [0.2, 0.25) is 0 Å². The average molecular weight is 244 g/mol. The largest absolute Gasteiger partial charge is 0.426 e. The summed E-state index contributed by atoms with van der Waals surface area (Å²) in [5.74, 6) is 0.588. The Morgan fingerprint density at radius 2 is 2.17 bits per heavy atom. The maximum Gasteiger partial charge on any atom is 0.314 e. The monoisotopic (exact) mass is 244 g/mol. The maximum atomic E-state index is 11.9. The van der Waals surface area contributed by atoms with Crippen molar-refractivity contribution < 1.29 is 9.53 Å². The van der Waals surface area contributed by atoms with Crippen molar-refractivity contribution >= 4 is 17.0 Å². The Bertz CT molecular complexity index is 582. The molecule has 0 bridgehead atoms. The molecule has 1 aliphatic carbocycles. The van der Waals surface area contributed by atoms with Gasteiger partial charge < -0.3 is 9.30 Å². The van der Waals surface area contributed by atoms with Crippen molar-refractivity contribution in [3.63, 3.8) is 0 Å². The molecule has 0 atom stereocenters. The van der Waals surface area contributed by atoms with Crippen LogP contribution >= 0.6 is 0 Å². The highest BCUT2D eigenvalue weighted by atomic mass is 16.5. The molecule has 0 unspecified atom stereocenters. The number of nitrogens with zero attached hydrogens (tertiary/aromatic N) is 2. The third kappa shape index (κ3) is 1.98. The van der Waals surface area contributed by atoms with Crippen LogP contribution in [-0.4, -0.2) is 15.5 Å². The number of fused-ring (bicyclic) bond motifs is 1. The van der Waals surface area contributed by atoms with Crippen LogP contribution in [0.2, 0.25) is 0 Å². The van der Waals surface area contributed by atoms with Gasteiger partial charge in [0.05, 0.1) is 23.3 Å². The van der Waals surface area contributed by atoms with Crippen molar-refractivity contribution in [1.82, 2.24) is 9.55 Å². The highest BCUT2D eigenvalue weighted by Crippen LogP contribution is 2.27. The zero-order chi connectivity index (χ0) is 12.5. The minimum absolute atomic E-state index is 0.0874. The quantitative estimate of drug-likeness (QED) is 0.602. The summed E-state index contributed by atoms with van der Waals surface area (Å²) < 4.78 is 7.37. The summed E-state index contributed by atoms with van der Waals surface area (Å²) in [7, 11) is 1.94. The molecule has 0 saturated heterocycles. The lowest BCUT2D eigenvalue weighted by Crippen LogP contribution is -2.17. The van der Waals surface area contributed by atoms with Crippen molar-refractivity contribution in [2.75, 3.05) is 0 Å². The molecule has 1 saturated carbocycles. The molecule has 1 fully saturated rings. The fourth-order valence-electron chi connectivity index (χ4n) is 2.54. The van der Waals surface area contributed by atoms with Crippen molar-refractivity contribution in [2.45, 2.75) is 25.7 Å². The third-order valence-corrected chi connectivity index (χ3v) is 3.60. The van der Waals surface area contributed by atoms with Crippen molar-refractivity contribution in [3.8, 4) is 5.75 Å². The number of imidazole rings is 1. The van der Waals surface area contributed by atoms with Gasteiger partial charge in [-0.2, -0.15) is 0 Å². The second-order valence-corrected chi connectivity index (χ2v) is 4.91. The van der Waals surface area contributed by atoms with E-state index >= 15 is 0 Å². The number of hydrogen-bond donors (Lipinski definition) is 0. The van der Waals surface area contributed by atoms with Crippen molar-refractivity contribution in [1.29, 1.82) is 0 Å². The highest BCUT2D eigenvalue weighted by Gasteiger charge is 2.24. The first-order chi connectivity index (χ1) is 8.74. The Labute approximate surface area is 106 Å². The summed E-state index contributed by atoms with van der Waals surface area (Å²) in [6.45, 7) is 0. The van der Waals surface area contributed by atoms with Gasteiger partial charge in [-0.25, -0.2) is 4.98 Å². The first-order valence-corrected chi connectivity index (χ1v) is 6.37. The molecule has 4 heteroatoms. The molecule has 1 aromatic heterocycles. The zero-order valence-electron chi connectivity index (χ0n) is 10.4. The average Bonchev–Trinajstić information content (AvgIpc) is 2.99. The molecule has 1 aromatic carbocycles. The molecule has 1 aliphatic rings. The van der Waals surface area contributed by atoms with Crippen LogP contribution in [0.5, 0.6) is 5.75 Å². The highest BCUT2D eigenvalue weighted by molar-refractivity contribution is 5.80. The molecule has 18 heavy (non-hydrogen) atoms. The lowest BCUT2D eigenvalue weighted by atomic mass is 10.1. The predicted octanol–water partition coefficient (Wildman–Crippen LogP) is 2.67. The van der Waals surface area contributed by atoms with Crippen LogP contribution in [0.15, 0.2) is 24.5 Å². The standard InChI is InChI=1S/C14H16N2O2/c1-16-9-15-12-8-11(6-7-13(12)16)18-14(17)10-4-2-3-5-10/h6-10H,2-5H2,1H3. The van der Waals surface area contributed by atoms with Gasteiger partial charge in [-0.05, 0) is 25.0 Å². The number of ether oxygens (including phenoxy) is 1. The Kier molecular flexibility index (Phi) is 2.78. The summed E-state index contributed by atoms with van der Waals surface area (Å²) in [5.41, 5.74) is 1.89. The van der Waals surface area contributed by atoms with Gasteiger partial charge in [-0.15, -0.1) is 0 Å². The molecule has 3 rings (SSSR count). The summed E-state index contributed by atoms with van der Waals surface area (Å²) in [4.78, 5) is 16.2. The van der Waals surface area contributed by atoms with Crippen LogP contribution in [0.25, 0.3) is 11.0 Å². The molecular formula is C14H16N2O2. The molecule has 0 aliphatic heterocycles. The number of rotatable bonds is 2. The van der Waals surface area contributed by atoms with E-state index in [1.54, 1.807) is 6.33 Å². The van der Waals surface area contributed by atoms with E-state index < -0.39 is 0 Å². The van der Waals surface area contributed by atoms with Gasteiger partial charge in [0.25, 0.3) is 0 Å². The van der Waals surface area contributed by atoms with Gasteiger partial charge in [0.1, 0.15) is 5.75 Å². The molecule has 2 aromatic rings. The summed E-state index contributed by atoms with van der Waals surface area (Å²) >= 11 is 0. The van der Waals surface area contributed by atoms with Crippen LogP contribution in [0.4, 0.5) is 0 Å². The van der Waals surface area contributed by atoms with E-state index in [2.05, 4.69) is 4.98 Å². The topological polar surface area (TPSA) is 44.1 Å². The molecule has 94 valence electrons. The zero-order valence-corrected chi connectivity index (χ0v) is 10.4. The van der Waals surface area contributed by atoms with Gasteiger partial charge >= 0.3 is 5.97 Å². The first-order valence-electron chi connectivity index (χ1n) is 6.37. The lowest BCUT2D eigenvalue weighted by molar-refractivity contribution is -0.138. The third-order valence-electron chi connectivity index (χ3n) is 3.60. The van der Waals surface area contributed by atoms with Gasteiger partial charge in [-0.3, -0.25) is 4.79 Å². The van der Waals surface area contributed by atoms with Crippen LogP contribution in [0.3, 0.4) is 0 Å². The van der Waals surface area contributed by atoms with Crippen LogP contribution in [0.1, 0.15) is 25.7 Å². The van der Waals surface area contributed by atoms with E-state index in [9.17, 15) is 4.79 Å². The number of carbonyl (C=O) groups excluding carboxylic acids is 1. The van der Waals surface area contributed by atoms with Gasteiger partial charge in [0, 0.05) is 13.1 Å². The maximum absolute atomic E-state index is 11.9. The van der Waals surface area contributed by atoms with E-state index in [0.29, 0.717) is 5.75 Å². The number of benzene rings is 1. The molecule has 0 N–H and O–H groups in total. The second kappa shape index (κ2) is 4.44. The van der Waals surface area contributed by atoms with Crippen LogP contribution in [-0.2, 0) is 11.8 Å². The summed E-state index contributed by atoms with van der Waals surface area (Å²) in [6.07, 6.45) is 5.96. The predicted molar refractivity (Wildman–Crippen MR) is 68.3 cm³/mol. The summed E-state index contributed by atoms with van der Waals surface area (Å²) in [5, 5.41) is 0. The van der Waals surface area contributed by atoms with E-state index in [-0.39, 0.29) is 11.9 Å². The molecule has 0 amide bonds. The molecule has 4 nitrogen and oxygen atoms in total. The number of aromatic nitrogens is 2. The smallest absolute Gasteiger partial charge is 0.314 e. The second-order valence-electron chi connectivity index (χ2n) is 4.91. The van der Waals surface area contributed by atoms with E-state index in [1.165, 1.54) is 0 Å². The number of aryl methyl sites for hydroxylation is 1. The number of esters is 1. The fourth-order valence-corrected chi connectivity index (χ4v) is 2.54. The fraction of sp³-hybridized carbons (Fsp3) is 0.429. The van der Waals surface area contributed by atoms with E-state index in [1.807, 2.05) is 29.8 Å². The minimum atomic E-state index is -0.0946. The van der Waals surface area contributed by atoms with Gasteiger partial charge in [-0.1, -0.05) is 12.8 Å². The Hall–Kier alpha value is -1.84. The van der Waals surface area contributed by atoms with Crippen molar-refractivity contribution in [2.24, 2.45) is 13.0 Å². The molecule has 1 heterocycles.